The summed E-state index contributed by atoms with van der Waals surface area (Å²) >= 11 is 0. The molecule has 0 radical (unpaired) electrons. The molecular formula is C9H9N4O5+. The summed E-state index contributed by atoms with van der Waals surface area (Å²) in [6.07, 6.45) is 0. The predicted molar refractivity (Wildman–Crippen MR) is 60.9 cm³/mol. The molecule has 1 amide bonds. The number of amides is 1. The SMILES string of the molecule is C[N+]1(C)NC(=O)c2cc([N+](=O)[O-])cc([N+](=O)[O-])c21. The lowest BCUT2D eigenvalue weighted by Crippen LogP contribution is -2.50. The van der Waals surface area contributed by atoms with Gasteiger partial charge in [-0.15, -0.1) is 0 Å². The molecule has 1 aliphatic heterocycles. The molecule has 0 atom stereocenters. The molecule has 0 bridgehead atoms. The van der Waals surface area contributed by atoms with Crippen molar-refractivity contribution in [2.45, 2.75) is 0 Å². The molecule has 1 aromatic rings. The van der Waals surface area contributed by atoms with Crippen molar-refractivity contribution in [2.24, 2.45) is 0 Å². The third-order valence-corrected chi connectivity index (χ3v) is 2.67. The van der Waals surface area contributed by atoms with Crippen molar-refractivity contribution in [3.63, 3.8) is 0 Å². The Balaban J connectivity index is 2.81. The molecule has 9 heteroatoms. The molecule has 0 spiro atoms. The van der Waals surface area contributed by atoms with Crippen LogP contribution < -0.4 is 10.0 Å². The molecule has 1 N–H and O–H groups in total. The molecule has 0 saturated heterocycles. The normalized spacial score (nSPS) is 16.0. The van der Waals surface area contributed by atoms with Gasteiger partial charge in [-0.25, -0.2) is 0 Å². The Kier molecular flexibility index (Phi) is 2.30. The van der Waals surface area contributed by atoms with Crippen molar-refractivity contribution in [2.75, 3.05) is 14.1 Å². The molecule has 2 rings (SSSR count). The number of fused-ring (bicyclic) bond motifs is 1. The second-order valence-electron chi connectivity index (χ2n) is 4.27. The largest absolute Gasteiger partial charge is 0.339 e. The first-order valence-corrected chi connectivity index (χ1v) is 4.88. The van der Waals surface area contributed by atoms with Crippen molar-refractivity contribution in [1.82, 2.24) is 10.0 Å². The molecule has 0 unspecified atom stereocenters. The summed E-state index contributed by atoms with van der Waals surface area (Å²) in [6.45, 7) is 0. The maximum Gasteiger partial charge on any atom is 0.339 e. The molecule has 94 valence electrons. The van der Waals surface area contributed by atoms with E-state index in [9.17, 15) is 25.0 Å². The van der Waals surface area contributed by atoms with E-state index >= 15 is 0 Å². The minimum atomic E-state index is -0.765. The summed E-state index contributed by atoms with van der Waals surface area (Å²) in [5.41, 5.74) is 1.65. The highest BCUT2D eigenvalue weighted by molar-refractivity contribution is 6.06. The molecule has 9 nitrogen and oxygen atoms in total. The number of nitrogens with one attached hydrogen (secondary N) is 1. The average molecular weight is 253 g/mol. The topological polar surface area (TPSA) is 115 Å². The maximum atomic E-state index is 11.7. The summed E-state index contributed by atoms with van der Waals surface area (Å²) < 4.78 is -0.220. The lowest BCUT2D eigenvalue weighted by atomic mass is 10.1. The minimum absolute atomic E-state index is 0.0408. The number of nitro groups is 2. The first kappa shape index (κ1) is 11.9. The second kappa shape index (κ2) is 3.47. The van der Waals surface area contributed by atoms with Crippen molar-refractivity contribution in [1.29, 1.82) is 0 Å². The van der Waals surface area contributed by atoms with Gasteiger partial charge < -0.3 is 0 Å². The van der Waals surface area contributed by atoms with Crippen LogP contribution in [-0.2, 0) is 0 Å². The van der Waals surface area contributed by atoms with Crippen LogP contribution in [0.15, 0.2) is 12.1 Å². The Morgan fingerprint density at radius 3 is 2.28 bits per heavy atom. The number of nitrogens with zero attached hydrogens (tertiary/aromatic N) is 3. The highest BCUT2D eigenvalue weighted by Gasteiger charge is 2.45. The zero-order chi connectivity index (χ0) is 13.7. The van der Waals surface area contributed by atoms with Gasteiger partial charge in [0.25, 0.3) is 5.69 Å². The van der Waals surface area contributed by atoms with E-state index in [1.54, 1.807) is 14.1 Å². The predicted octanol–water partition coefficient (Wildman–Crippen LogP) is 0.728. The first-order chi connectivity index (χ1) is 8.24. The molecule has 18 heavy (non-hydrogen) atoms. The number of hydrogen-bond acceptors (Lipinski definition) is 5. The molecule has 1 aliphatic rings. The quantitative estimate of drug-likeness (QED) is 0.473. The number of quaternary nitrogens is 1. The fourth-order valence-corrected chi connectivity index (χ4v) is 1.98. The summed E-state index contributed by atoms with van der Waals surface area (Å²) in [6, 6.07) is 1.91. The monoisotopic (exact) mass is 253 g/mol. The number of non-ortho nitro benzene ring substituents is 1. The van der Waals surface area contributed by atoms with Crippen molar-refractivity contribution in [3.8, 4) is 0 Å². The average Bonchev–Trinajstić information content (AvgIpc) is 2.48. The van der Waals surface area contributed by atoms with Crippen LogP contribution in [0.1, 0.15) is 10.4 Å². The molecule has 0 saturated carbocycles. The van der Waals surface area contributed by atoms with Gasteiger partial charge >= 0.3 is 11.6 Å². The Morgan fingerprint density at radius 1 is 1.17 bits per heavy atom. The van der Waals surface area contributed by atoms with Gasteiger partial charge in [0.05, 0.1) is 23.9 Å². The van der Waals surface area contributed by atoms with E-state index in [4.69, 9.17) is 0 Å². The van der Waals surface area contributed by atoms with Crippen molar-refractivity contribution in [3.05, 3.63) is 37.9 Å². The highest BCUT2D eigenvalue weighted by Crippen LogP contribution is 2.40. The van der Waals surface area contributed by atoms with Crippen molar-refractivity contribution < 1.29 is 14.6 Å². The first-order valence-electron chi connectivity index (χ1n) is 4.88. The zero-order valence-corrected chi connectivity index (χ0v) is 9.54. The second-order valence-corrected chi connectivity index (χ2v) is 4.27. The Labute approximate surface area is 100 Å². The van der Waals surface area contributed by atoms with Crippen LogP contribution in [0.25, 0.3) is 0 Å². The Hall–Kier alpha value is -2.55. The van der Waals surface area contributed by atoms with Crippen LogP contribution in [0.5, 0.6) is 0 Å². The van der Waals surface area contributed by atoms with E-state index in [1.165, 1.54) is 0 Å². The van der Waals surface area contributed by atoms with E-state index < -0.39 is 27.1 Å². The third kappa shape index (κ3) is 1.57. The van der Waals surface area contributed by atoms with Crippen molar-refractivity contribution >= 4 is 23.0 Å². The highest BCUT2D eigenvalue weighted by atomic mass is 16.6. The number of carbonyl (C=O) groups excluding carboxylic acids is 1. The smallest absolute Gasteiger partial charge is 0.264 e. The summed E-state index contributed by atoms with van der Waals surface area (Å²) in [4.78, 5) is 31.8. The van der Waals surface area contributed by atoms with E-state index in [-0.39, 0.29) is 15.8 Å². The third-order valence-electron chi connectivity index (χ3n) is 2.67. The van der Waals surface area contributed by atoms with E-state index in [0.717, 1.165) is 12.1 Å². The van der Waals surface area contributed by atoms with E-state index in [0.29, 0.717) is 0 Å². The van der Waals surface area contributed by atoms with Crippen LogP contribution in [0.2, 0.25) is 0 Å². The lowest BCUT2D eigenvalue weighted by Gasteiger charge is -2.21. The molecule has 0 aromatic heterocycles. The van der Waals surface area contributed by atoms with E-state index in [1.807, 2.05) is 0 Å². The van der Waals surface area contributed by atoms with Crippen LogP contribution in [0.3, 0.4) is 0 Å². The summed E-state index contributed by atoms with van der Waals surface area (Å²) in [7, 11) is 3.09. The number of hydrogen-bond donors (Lipinski definition) is 1. The molecule has 1 aromatic carbocycles. The van der Waals surface area contributed by atoms with Gasteiger partial charge in [-0.05, 0) is 0 Å². The number of nitro benzene ring substituents is 2. The standard InChI is InChI=1S/C9H8N4O5/c1-13(2)8-6(9(14)10-13)3-5(11(15)16)4-7(8)12(17)18/h3-4H,1-2H3/p+1. The van der Waals surface area contributed by atoms with Crippen LogP contribution in [0, 0.1) is 20.2 Å². The minimum Gasteiger partial charge on any atom is -0.264 e. The van der Waals surface area contributed by atoms with Gasteiger partial charge in [0.1, 0.15) is 11.6 Å². The maximum absolute atomic E-state index is 11.7. The van der Waals surface area contributed by atoms with Crippen LogP contribution in [-0.4, -0.2) is 29.8 Å². The van der Waals surface area contributed by atoms with Gasteiger partial charge in [-0.3, -0.25) is 25.0 Å². The lowest BCUT2D eigenvalue weighted by molar-refractivity contribution is -0.394. The number of carbonyl (C=O) groups is 1. The van der Waals surface area contributed by atoms with Gasteiger partial charge in [-0.1, -0.05) is 0 Å². The number of rotatable bonds is 2. The van der Waals surface area contributed by atoms with Crippen LogP contribution in [0.4, 0.5) is 17.1 Å². The Morgan fingerprint density at radius 2 is 1.78 bits per heavy atom. The fraction of sp³-hybridized carbons (Fsp3) is 0.222. The van der Waals surface area contributed by atoms with Gasteiger partial charge in [-0.2, -0.15) is 10.0 Å². The molecule has 0 aliphatic carbocycles. The van der Waals surface area contributed by atoms with Gasteiger partial charge in [0.2, 0.25) is 5.69 Å². The Bertz CT molecular complexity index is 595. The fourth-order valence-electron chi connectivity index (χ4n) is 1.98. The van der Waals surface area contributed by atoms with E-state index in [2.05, 4.69) is 5.43 Å². The molecule has 1 heterocycles. The molecular weight excluding hydrogens is 244 g/mol. The number of benzene rings is 1. The molecule has 0 fully saturated rings. The zero-order valence-electron chi connectivity index (χ0n) is 9.54. The van der Waals surface area contributed by atoms with Gasteiger partial charge in [0, 0.05) is 6.07 Å². The van der Waals surface area contributed by atoms with Gasteiger partial charge in [0.15, 0.2) is 0 Å². The van der Waals surface area contributed by atoms with Crippen LogP contribution >= 0.6 is 0 Å². The summed E-state index contributed by atoms with van der Waals surface area (Å²) in [5.74, 6) is -0.568. The summed E-state index contributed by atoms with van der Waals surface area (Å²) in [5, 5.41) is 21.7.